The van der Waals surface area contributed by atoms with E-state index in [1.807, 2.05) is 6.33 Å². The molecule has 1 atom stereocenters. The Kier molecular flexibility index (Phi) is 3.44. The maximum Gasteiger partial charge on any atom is 0.335 e. The molecule has 0 amide bonds. The number of rotatable bonds is 3. The highest BCUT2D eigenvalue weighted by atomic mass is 16.4. The van der Waals surface area contributed by atoms with E-state index in [1.54, 1.807) is 18.2 Å². The van der Waals surface area contributed by atoms with Gasteiger partial charge in [-0.3, -0.25) is 0 Å². The number of likely N-dealkylation sites (N-methyl/N-ethyl adjacent to an activating group) is 1. The Labute approximate surface area is 117 Å². The normalized spacial score (nSPS) is 20.4. The Bertz CT molecular complexity index is 635. The summed E-state index contributed by atoms with van der Waals surface area (Å²) in [5.74, 6) is -0.890. The molecule has 1 unspecified atom stereocenters. The van der Waals surface area contributed by atoms with Crippen LogP contribution in [-0.4, -0.2) is 45.2 Å². The fraction of sp³-hybridized carbons (Fsp3) is 0.467. The van der Waals surface area contributed by atoms with E-state index in [0.29, 0.717) is 11.6 Å². The number of fused-ring (bicyclic) bond motifs is 1. The molecule has 2 aromatic rings. The SMILES string of the molecule is CCN1CCCC(n2cnc3ccc(C(=O)O)cc32)C1. The van der Waals surface area contributed by atoms with Crippen molar-refractivity contribution in [1.82, 2.24) is 14.5 Å². The van der Waals surface area contributed by atoms with Gasteiger partial charge in [0.1, 0.15) is 0 Å². The van der Waals surface area contributed by atoms with Crippen LogP contribution in [-0.2, 0) is 0 Å². The van der Waals surface area contributed by atoms with Gasteiger partial charge in [0.25, 0.3) is 0 Å². The predicted molar refractivity (Wildman–Crippen MR) is 77.1 cm³/mol. The molecule has 3 rings (SSSR count). The van der Waals surface area contributed by atoms with E-state index < -0.39 is 5.97 Å². The molecule has 2 heterocycles. The van der Waals surface area contributed by atoms with E-state index in [9.17, 15) is 4.79 Å². The fourth-order valence-electron chi connectivity index (χ4n) is 3.00. The molecule has 20 heavy (non-hydrogen) atoms. The van der Waals surface area contributed by atoms with Crippen LogP contribution in [0.25, 0.3) is 11.0 Å². The Morgan fingerprint density at radius 1 is 1.50 bits per heavy atom. The lowest BCUT2D eigenvalue weighted by Crippen LogP contribution is -2.36. The van der Waals surface area contributed by atoms with Crippen molar-refractivity contribution in [2.75, 3.05) is 19.6 Å². The minimum absolute atomic E-state index is 0.322. The summed E-state index contributed by atoms with van der Waals surface area (Å²) in [6.45, 7) is 5.40. The largest absolute Gasteiger partial charge is 0.478 e. The van der Waals surface area contributed by atoms with Crippen LogP contribution in [0.15, 0.2) is 24.5 Å². The third-order valence-corrected chi connectivity index (χ3v) is 4.14. The summed E-state index contributed by atoms with van der Waals surface area (Å²) in [5.41, 5.74) is 2.11. The molecule has 0 spiro atoms. The molecule has 0 bridgehead atoms. The molecule has 1 aromatic carbocycles. The quantitative estimate of drug-likeness (QED) is 0.933. The van der Waals surface area contributed by atoms with Crippen LogP contribution >= 0.6 is 0 Å². The molecular formula is C15H19N3O2. The first-order valence-electron chi connectivity index (χ1n) is 7.11. The Hall–Kier alpha value is -1.88. The van der Waals surface area contributed by atoms with Crippen molar-refractivity contribution >= 4 is 17.0 Å². The molecule has 5 heteroatoms. The molecule has 1 aliphatic rings. The van der Waals surface area contributed by atoms with Gasteiger partial charge in [0.2, 0.25) is 0 Å². The van der Waals surface area contributed by atoms with Crippen molar-refractivity contribution in [1.29, 1.82) is 0 Å². The molecule has 1 fully saturated rings. The third-order valence-electron chi connectivity index (χ3n) is 4.14. The second kappa shape index (κ2) is 5.25. The molecule has 5 nitrogen and oxygen atoms in total. The van der Waals surface area contributed by atoms with Gasteiger partial charge >= 0.3 is 5.97 Å². The van der Waals surface area contributed by atoms with E-state index in [2.05, 4.69) is 21.4 Å². The highest BCUT2D eigenvalue weighted by molar-refractivity contribution is 5.92. The summed E-state index contributed by atoms with van der Waals surface area (Å²) in [4.78, 5) is 17.9. The topological polar surface area (TPSA) is 58.4 Å². The molecule has 0 aliphatic carbocycles. The van der Waals surface area contributed by atoms with Crippen molar-refractivity contribution in [3.05, 3.63) is 30.1 Å². The zero-order chi connectivity index (χ0) is 14.1. The van der Waals surface area contributed by atoms with Crippen molar-refractivity contribution in [3.8, 4) is 0 Å². The number of aromatic carboxylic acids is 1. The Morgan fingerprint density at radius 2 is 2.35 bits per heavy atom. The predicted octanol–water partition coefficient (Wildman–Crippen LogP) is 2.39. The number of nitrogens with zero attached hydrogens (tertiary/aromatic N) is 3. The second-order valence-electron chi connectivity index (χ2n) is 5.35. The Morgan fingerprint density at radius 3 is 3.10 bits per heavy atom. The average Bonchev–Trinajstić information content (AvgIpc) is 2.90. The van der Waals surface area contributed by atoms with Crippen LogP contribution in [0.2, 0.25) is 0 Å². The smallest absolute Gasteiger partial charge is 0.335 e. The zero-order valence-corrected chi connectivity index (χ0v) is 11.6. The number of aromatic nitrogens is 2. The number of benzene rings is 1. The maximum absolute atomic E-state index is 11.1. The summed E-state index contributed by atoms with van der Waals surface area (Å²) < 4.78 is 2.14. The summed E-state index contributed by atoms with van der Waals surface area (Å²) >= 11 is 0. The number of hydrogen-bond acceptors (Lipinski definition) is 3. The summed E-state index contributed by atoms with van der Waals surface area (Å²) in [7, 11) is 0. The van der Waals surface area contributed by atoms with Crippen LogP contribution in [0.1, 0.15) is 36.2 Å². The summed E-state index contributed by atoms with van der Waals surface area (Å²) in [6.07, 6.45) is 4.15. The molecule has 0 saturated carbocycles. The molecule has 1 aliphatic heterocycles. The van der Waals surface area contributed by atoms with Gasteiger partial charge in [-0.25, -0.2) is 9.78 Å². The molecule has 1 aromatic heterocycles. The van der Waals surface area contributed by atoms with Crippen LogP contribution in [0.5, 0.6) is 0 Å². The van der Waals surface area contributed by atoms with Crippen LogP contribution in [0, 0.1) is 0 Å². The second-order valence-corrected chi connectivity index (χ2v) is 5.35. The Balaban J connectivity index is 1.98. The number of carbonyl (C=O) groups is 1. The van der Waals surface area contributed by atoms with Gasteiger partial charge in [-0.05, 0) is 44.1 Å². The third kappa shape index (κ3) is 2.29. The molecule has 106 valence electrons. The van der Waals surface area contributed by atoms with E-state index >= 15 is 0 Å². The number of carboxylic acid groups (broad SMARTS) is 1. The molecule has 1 saturated heterocycles. The number of likely N-dealkylation sites (tertiary alicyclic amines) is 1. The lowest BCUT2D eigenvalue weighted by atomic mass is 10.1. The minimum atomic E-state index is -0.890. The van der Waals surface area contributed by atoms with E-state index in [0.717, 1.165) is 37.1 Å². The lowest BCUT2D eigenvalue weighted by Gasteiger charge is -2.32. The molecular weight excluding hydrogens is 254 g/mol. The molecule has 0 radical (unpaired) electrons. The van der Waals surface area contributed by atoms with Gasteiger partial charge in [-0.15, -0.1) is 0 Å². The van der Waals surface area contributed by atoms with E-state index in [1.165, 1.54) is 6.42 Å². The first-order chi connectivity index (χ1) is 9.69. The van der Waals surface area contributed by atoms with Crippen molar-refractivity contribution in [2.24, 2.45) is 0 Å². The lowest BCUT2D eigenvalue weighted by molar-refractivity contribution is 0.0697. The van der Waals surface area contributed by atoms with Crippen molar-refractivity contribution in [3.63, 3.8) is 0 Å². The number of piperidine rings is 1. The van der Waals surface area contributed by atoms with Crippen LogP contribution < -0.4 is 0 Å². The van der Waals surface area contributed by atoms with E-state index in [4.69, 9.17) is 5.11 Å². The first-order valence-corrected chi connectivity index (χ1v) is 7.11. The highest BCUT2D eigenvalue weighted by Gasteiger charge is 2.21. The van der Waals surface area contributed by atoms with Gasteiger partial charge in [-0.1, -0.05) is 6.92 Å². The van der Waals surface area contributed by atoms with Crippen molar-refractivity contribution in [2.45, 2.75) is 25.8 Å². The number of hydrogen-bond donors (Lipinski definition) is 1. The maximum atomic E-state index is 11.1. The highest BCUT2D eigenvalue weighted by Crippen LogP contribution is 2.26. The molecule has 1 N–H and O–H groups in total. The van der Waals surface area contributed by atoms with Crippen LogP contribution in [0.4, 0.5) is 0 Å². The average molecular weight is 273 g/mol. The fourth-order valence-corrected chi connectivity index (χ4v) is 3.00. The zero-order valence-electron chi connectivity index (χ0n) is 11.6. The standard InChI is InChI=1S/C15H19N3O2/c1-2-17-7-3-4-12(9-17)18-10-16-13-6-5-11(15(19)20)8-14(13)18/h5-6,8,10,12H,2-4,7,9H2,1H3,(H,19,20). The summed E-state index contributed by atoms with van der Waals surface area (Å²) in [6, 6.07) is 5.52. The number of carboxylic acids is 1. The van der Waals surface area contributed by atoms with E-state index in [-0.39, 0.29) is 0 Å². The van der Waals surface area contributed by atoms with Gasteiger partial charge in [-0.2, -0.15) is 0 Å². The van der Waals surface area contributed by atoms with Gasteiger partial charge in [0.15, 0.2) is 0 Å². The summed E-state index contributed by atoms with van der Waals surface area (Å²) in [5, 5.41) is 9.13. The first kappa shape index (κ1) is 13.1. The van der Waals surface area contributed by atoms with Gasteiger partial charge in [0.05, 0.1) is 22.9 Å². The monoisotopic (exact) mass is 273 g/mol. The number of imidazole rings is 1. The minimum Gasteiger partial charge on any atom is -0.478 e. The van der Waals surface area contributed by atoms with Gasteiger partial charge < -0.3 is 14.6 Å². The van der Waals surface area contributed by atoms with Gasteiger partial charge in [0, 0.05) is 12.6 Å². The van der Waals surface area contributed by atoms with Crippen LogP contribution in [0.3, 0.4) is 0 Å². The van der Waals surface area contributed by atoms with Crippen molar-refractivity contribution < 1.29 is 9.90 Å².